The molecule has 0 spiro atoms. The van der Waals surface area contributed by atoms with E-state index in [0.29, 0.717) is 26.9 Å². The molecule has 3 aromatic rings. The van der Waals surface area contributed by atoms with Gasteiger partial charge >= 0.3 is 12.1 Å². The van der Waals surface area contributed by atoms with Crippen molar-refractivity contribution in [1.29, 1.82) is 0 Å². The van der Waals surface area contributed by atoms with Gasteiger partial charge in [-0.3, -0.25) is 14.5 Å². The number of rotatable bonds is 7. The Bertz CT molecular complexity index is 1340. The molecule has 1 fully saturated rings. The monoisotopic (exact) mass is 598 g/mol. The third-order valence-electron chi connectivity index (χ3n) is 6.88. The fourth-order valence-electron chi connectivity index (χ4n) is 5.14. The number of esters is 1. The van der Waals surface area contributed by atoms with E-state index in [0.717, 1.165) is 0 Å². The Morgan fingerprint density at radius 2 is 1.62 bits per heavy atom. The zero-order valence-electron chi connectivity index (χ0n) is 21.6. The van der Waals surface area contributed by atoms with Gasteiger partial charge in [-0.05, 0) is 56.9 Å². The van der Waals surface area contributed by atoms with Gasteiger partial charge in [-0.25, -0.2) is 9.18 Å². The molecule has 39 heavy (non-hydrogen) atoms. The van der Waals surface area contributed by atoms with E-state index in [1.165, 1.54) is 38.4 Å². The molecule has 8 nitrogen and oxygen atoms in total. The number of carbonyl (C=O) groups is 3. The highest BCUT2D eigenvalue weighted by Gasteiger charge is 2.58. The summed E-state index contributed by atoms with van der Waals surface area (Å²) in [6, 6.07) is 17.9. The highest BCUT2D eigenvalue weighted by molar-refractivity contribution is 9.10. The van der Waals surface area contributed by atoms with Gasteiger partial charge in [0.05, 0.1) is 37.8 Å². The lowest BCUT2D eigenvalue weighted by Crippen LogP contribution is -2.48. The Morgan fingerprint density at radius 1 is 0.923 bits per heavy atom. The molecule has 4 atom stereocenters. The van der Waals surface area contributed by atoms with E-state index in [1.54, 1.807) is 42.5 Å². The molecule has 4 unspecified atom stereocenters. The van der Waals surface area contributed by atoms with Crippen molar-refractivity contribution in [2.75, 3.05) is 21.3 Å². The Balaban J connectivity index is 1.85. The van der Waals surface area contributed by atoms with Gasteiger partial charge in [-0.1, -0.05) is 48.5 Å². The number of likely N-dealkylation sites (tertiary alicyclic amines) is 1. The van der Waals surface area contributed by atoms with Crippen LogP contribution in [0.5, 0.6) is 5.75 Å². The van der Waals surface area contributed by atoms with Gasteiger partial charge < -0.3 is 19.5 Å². The maximum absolute atomic E-state index is 13.9. The van der Waals surface area contributed by atoms with E-state index in [1.807, 2.05) is 18.2 Å². The third kappa shape index (κ3) is 5.75. The normalized spacial score (nSPS) is 20.3. The predicted octanol–water partition coefficient (Wildman–Crippen LogP) is 4.98. The first-order valence-corrected chi connectivity index (χ1v) is 12.9. The molecule has 4 rings (SSSR count). The molecule has 1 saturated heterocycles. The second kappa shape index (κ2) is 12.3. The van der Waals surface area contributed by atoms with Gasteiger partial charge in [0.25, 0.3) is 0 Å². The van der Waals surface area contributed by atoms with Gasteiger partial charge in [0, 0.05) is 12.5 Å². The van der Waals surface area contributed by atoms with Crippen LogP contribution in [0.1, 0.15) is 28.7 Å². The minimum atomic E-state index is -1.13. The van der Waals surface area contributed by atoms with Crippen LogP contribution in [-0.4, -0.2) is 50.2 Å². The maximum atomic E-state index is 13.9. The van der Waals surface area contributed by atoms with E-state index in [9.17, 15) is 18.8 Å². The maximum Gasteiger partial charge on any atom is 0.410 e. The number of hydrogen-bond donors (Lipinski definition) is 1. The second-order valence-corrected chi connectivity index (χ2v) is 9.84. The zero-order chi connectivity index (χ0) is 28.1. The number of nitrogens with zero attached hydrogens (tertiary/aromatic N) is 1. The summed E-state index contributed by atoms with van der Waals surface area (Å²) in [5.74, 6) is -2.62. The lowest BCUT2D eigenvalue weighted by atomic mass is 9.79. The quantitative estimate of drug-likeness (QED) is 0.386. The Morgan fingerprint density at radius 3 is 2.21 bits per heavy atom. The van der Waals surface area contributed by atoms with Crippen molar-refractivity contribution in [3.8, 4) is 5.75 Å². The molecule has 0 bridgehead atoms. The molecule has 1 N–H and O–H groups in total. The van der Waals surface area contributed by atoms with Crippen LogP contribution in [0.25, 0.3) is 0 Å². The Hall–Kier alpha value is -3.92. The first-order chi connectivity index (χ1) is 18.8. The van der Waals surface area contributed by atoms with Crippen LogP contribution in [0.4, 0.5) is 9.18 Å². The number of halogens is 2. The average molecular weight is 599 g/mol. The van der Waals surface area contributed by atoms with Crippen molar-refractivity contribution >= 4 is 33.9 Å². The number of carbonyl (C=O) groups excluding carboxylic acids is 3. The Labute approximate surface area is 234 Å². The van der Waals surface area contributed by atoms with Crippen LogP contribution < -0.4 is 10.1 Å². The average Bonchev–Trinajstić information content (AvgIpc) is 3.32. The molecule has 0 saturated carbocycles. The van der Waals surface area contributed by atoms with Crippen LogP contribution in [0, 0.1) is 11.7 Å². The number of nitrogens with one attached hydrogen (secondary N) is 1. The van der Waals surface area contributed by atoms with Crippen molar-refractivity contribution < 1.29 is 33.0 Å². The van der Waals surface area contributed by atoms with Gasteiger partial charge in [0.15, 0.2) is 0 Å². The smallest absolute Gasteiger partial charge is 0.410 e. The van der Waals surface area contributed by atoms with Crippen molar-refractivity contribution in [2.24, 2.45) is 5.92 Å². The van der Waals surface area contributed by atoms with Crippen LogP contribution in [0.15, 0.2) is 77.3 Å². The largest absolute Gasteiger partial charge is 0.496 e. The van der Waals surface area contributed by atoms with Crippen molar-refractivity contribution in [3.05, 3.63) is 99.8 Å². The van der Waals surface area contributed by atoms with Gasteiger partial charge in [-0.15, -0.1) is 0 Å². The summed E-state index contributed by atoms with van der Waals surface area (Å²) in [5.41, 5.74) is 1.93. The molecular weight excluding hydrogens is 571 g/mol. The first-order valence-electron chi connectivity index (χ1n) is 12.1. The van der Waals surface area contributed by atoms with Crippen LogP contribution in [0.3, 0.4) is 0 Å². The first kappa shape index (κ1) is 28.1. The molecule has 1 aliphatic rings. The summed E-state index contributed by atoms with van der Waals surface area (Å²) in [6.07, 6.45) is -0.777. The molecule has 1 aliphatic heterocycles. The van der Waals surface area contributed by atoms with Crippen molar-refractivity contribution in [1.82, 2.24) is 10.2 Å². The number of benzene rings is 3. The fraction of sp³-hybridized carbons (Fsp3) is 0.276. The minimum absolute atomic E-state index is 0.0910. The standard InChI is InChI=1S/C29H28BrFN2O6/c1-37-22-14-11-19(15-21(22)30)25-24(28(35)38-2)23(18-7-5-4-6-8-18)26(33(25)29(36)39-3)27(34)32-16-17-9-12-20(31)13-10-17/h4-15,23-26H,16H2,1-3H3,(H,32,34). The fourth-order valence-corrected chi connectivity index (χ4v) is 5.70. The second-order valence-electron chi connectivity index (χ2n) is 8.99. The molecule has 10 heteroatoms. The molecule has 204 valence electrons. The van der Waals surface area contributed by atoms with E-state index in [-0.39, 0.29) is 6.54 Å². The van der Waals surface area contributed by atoms with Crippen LogP contribution in [-0.2, 0) is 25.6 Å². The Kier molecular flexibility index (Phi) is 8.86. The summed E-state index contributed by atoms with van der Waals surface area (Å²) < 4.78 is 29.7. The summed E-state index contributed by atoms with van der Waals surface area (Å²) >= 11 is 3.48. The van der Waals surface area contributed by atoms with Crippen LogP contribution >= 0.6 is 15.9 Å². The number of methoxy groups -OCH3 is 3. The molecule has 0 aliphatic carbocycles. The number of hydrogen-bond acceptors (Lipinski definition) is 6. The lowest BCUT2D eigenvalue weighted by Gasteiger charge is -2.30. The van der Waals surface area contributed by atoms with E-state index >= 15 is 0 Å². The summed E-state index contributed by atoms with van der Waals surface area (Å²) in [6.45, 7) is 0.0910. The zero-order valence-corrected chi connectivity index (χ0v) is 23.2. The van der Waals surface area contributed by atoms with Crippen molar-refractivity contribution in [3.63, 3.8) is 0 Å². The topological polar surface area (TPSA) is 94.2 Å². The lowest BCUT2D eigenvalue weighted by molar-refractivity contribution is -0.146. The molecule has 0 aromatic heterocycles. The SMILES string of the molecule is COC(=O)C1C(c2ccccc2)C(C(=O)NCc2ccc(F)cc2)N(C(=O)OC)C1c1ccc(OC)c(Br)c1. The summed E-state index contributed by atoms with van der Waals surface area (Å²) in [7, 11) is 4.02. The van der Waals surface area contributed by atoms with E-state index < -0.39 is 47.7 Å². The van der Waals surface area contributed by atoms with Gasteiger partial charge in [0.1, 0.15) is 17.6 Å². The minimum Gasteiger partial charge on any atom is -0.496 e. The summed E-state index contributed by atoms with van der Waals surface area (Å²) in [4.78, 5) is 42.0. The van der Waals surface area contributed by atoms with E-state index in [2.05, 4.69) is 21.2 Å². The molecule has 0 radical (unpaired) electrons. The highest BCUT2D eigenvalue weighted by Crippen LogP contribution is 2.51. The highest BCUT2D eigenvalue weighted by atomic mass is 79.9. The van der Waals surface area contributed by atoms with E-state index in [4.69, 9.17) is 14.2 Å². The third-order valence-corrected chi connectivity index (χ3v) is 7.50. The number of ether oxygens (including phenoxy) is 3. The molecule has 2 amide bonds. The van der Waals surface area contributed by atoms with Crippen molar-refractivity contribution in [2.45, 2.75) is 24.5 Å². The predicted molar refractivity (Wildman–Crippen MR) is 144 cm³/mol. The molecular formula is C29H28BrFN2O6. The van der Waals surface area contributed by atoms with Gasteiger partial charge in [0.2, 0.25) is 5.91 Å². The van der Waals surface area contributed by atoms with Gasteiger partial charge in [-0.2, -0.15) is 0 Å². The molecule has 1 heterocycles. The summed E-state index contributed by atoms with van der Waals surface area (Å²) in [5, 5.41) is 2.86. The molecule has 3 aromatic carbocycles. The van der Waals surface area contributed by atoms with Crippen LogP contribution in [0.2, 0.25) is 0 Å². The number of amides is 2.